The van der Waals surface area contributed by atoms with Crippen LogP contribution in [0, 0.1) is 17.0 Å². The molecule has 0 radical (unpaired) electrons. The van der Waals surface area contributed by atoms with Crippen molar-refractivity contribution in [3.8, 4) is 0 Å². The number of nitrogens with zero attached hydrogens (tertiary/aromatic N) is 2. The molecule has 1 amide bonds. The summed E-state index contributed by atoms with van der Waals surface area (Å²) in [5, 5.41) is 13.0. The first-order chi connectivity index (χ1) is 13.0. The summed E-state index contributed by atoms with van der Waals surface area (Å²) < 4.78 is 52.5. The van der Waals surface area contributed by atoms with E-state index in [1.54, 1.807) is 0 Å². The standard InChI is InChI=1S/C17H17F2N5O3S/c1-17(9-28(26,27)24(2)16(20)23-17)10-5-12(19)7-13(6-10)22-15(25)14-4-3-11(18)8-21-14/h3-8H,9H2,1-2H3,(H2,20,23)(H,22,25)/t17-/m0/s1. The van der Waals surface area contributed by atoms with Crippen LogP contribution in [-0.2, 0) is 15.6 Å². The molecule has 1 aliphatic heterocycles. The minimum absolute atomic E-state index is 0.0667. The van der Waals surface area contributed by atoms with E-state index in [1.165, 1.54) is 26.1 Å². The van der Waals surface area contributed by atoms with Crippen molar-refractivity contribution in [3.63, 3.8) is 0 Å². The second-order valence-electron chi connectivity index (χ2n) is 6.57. The number of hydrogen-bond acceptors (Lipinski definition) is 5. The van der Waals surface area contributed by atoms with Crippen LogP contribution in [0.15, 0.2) is 36.5 Å². The zero-order valence-corrected chi connectivity index (χ0v) is 15.8. The van der Waals surface area contributed by atoms with E-state index in [4.69, 9.17) is 5.41 Å². The SMILES string of the molecule is CN1C(=N)N[C@](C)(c2cc(F)cc(NC(=O)c3ccc(F)cn3)c2)CS1(=O)=O. The van der Waals surface area contributed by atoms with Gasteiger partial charge in [-0.25, -0.2) is 26.5 Å². The zero-order valence-electron chi connectivity index (χ0n) is 15.0. The van der Waals surface area contributed by atoms with E-state index in [1.807, 2.05) is 0 Å². The maximum atomic E-state index is 14.2. The van der Waals surface area contributed by atoms with Gasteiger partial charge in [-0.1, -0.05) is 0 Å². The molecule has 0 unspecified atom stereocenters. The molecule has 28 heavy (non-hydrogen) atoms. The van der Waals surface area contributed by atoms with E-state index >= 15 is 0 Å². The van der Waals surface area contributed by atoms with Crippen LogP contribution in [0.25, 0.3) is 0 Å². The molecule has 1 saturated heterocycles. The normalized spacial score (nSPS) is 21.1. The fourth-order valence-corrected chi connectivity index (χ4v) is 4.30. The van der Waals surface area contributed by atoms with Gasteiger partial charge in [-0.15, -0.1) is 0 Å². The number of nitrogens with one attached hydrogen (secondary N) is 3. The van der Waals surface area contributed by atoms with Crippen molar-refractivity contribution < 1.29 is 22.0 Å². The number of guanidine groups is 1. The zero-order chi connectivity index (χ0) is 20.7. The lowest BCUT2D eigenvalue weighted by atomic mass is 9.93. The van der Waals surface area contributed by atoms with E-state index in [0.29, 0.717) is 0 Å². The van der Waals surface area contributed by atoms with Gasteiger partial charge in [0.05, 0.1) is 17.5 Å². The number of benzene rings is 1. The molecular formula is C17H17F2N5O3S. The summed E-state index contributed by atoms with van der Waals surface area (Å²) in [5.41, 5.74) is -1.05. The fraction of sp³-hybridized carbons (Fsp3) is 0.235. The molecule has 3 N–H and O–H groups in total. The van der Waals surface area contributed by atoms with Gasteiger partial charge in [-0.2, -0.15) is 0 Å². The van der Waals surface area contributed by atoms with Gasteiger partial charge in [-0.05, 0) is 42.8 Å². The molecule has 3 rings (SSSR count). The highest BCUT2D eigenvalue weighted by Gasteiger charge is 2.42. The third-order valence-electron chi connectivity index (χ3n) is 4.35. The second-order valence-corrected chi connectivity index (χ2v) is 8.57. The Bertz CT molecular complexity index is 1060. The number of anilines is 1. The topological polar surface area (TPSA) is 115 Å². The quantitative estimate of drug-likeness (QED) is 0.713. The molecule has 1 aromatic carbocycles. The Morgan fingerprint density at radius 3 is 2.61 bits per heavy atom. The van der Waals surface area contributed by atoms with Crippen molar-refractivity contribution in [2.24, 2.45) is 0 Å². The third kappa shape index (κ3) is 3.79. The second kappa shape index (κ2) is 6.82. The predicted molar refractivity (Wildman–Crippen MR) is 98.3 cm³/mol. The molecule has 1 atom stereocenters. The molecular weight excluding hydrogens is 392 g/mol. The molecule has 2 heterocycles. The third-order valence-corrected chi connectivity index (χ3v) is 6.31. The van der Waals surface area contributed by atoms with Crippen molar-refractivity contribution in [2.75, 3.05) is 18.1 Å². The maximum absolute atomic E-state index is 14.2. The van der Waals surface area contributed by atoms with Crippen LogP contribution in [0.1, 0.15) is 23.0 Å². The lowest BCUT2D eigenvalue weighted by Gasteiger charge is -2.40. The first kappa shape index (κ1) is 19.7. The van der Waals surface area contributed by atoms with Crippen LogP contribution in [0.4, 0.5) is 14.5 Å². The fourth-order valence-electron chi connectivity index (χ4n) is 2.82. The Morgan fingerprint density at radius 2 is 2.00 bits per heavy atom. The van der Waals surface area contributed by atoms with Crippen LogP contribution in [-0.4, -0.2) is 42.4 Å². The van der Waals surface area contributed by atoms with E-state index in [9.17, 15) is 22.0 Å². The number of aromatic nitrogens is 1. The van der Waals surface area contributed by atoms with Crippen molar-refractivity contribution in [2.45, 2.75) is 12.5 Å². The van der Waals surface area contributed by atoms with Crippen molar-refractivity contribution in [1.82, 2.24) is 14.6 Å². The van der Waals surface area contributed by atoms with Crippen LogP contribution < -0.4 is 10.6 Å². The summed E-state index contributed by atoms with van der Waals surface area (Å²) in [6, 6.07) is 5.85. The molecule has 2 aromatic rings. The van der Waals surface area contributed by atoms with E-state index < -0.39 is 38.9 Å². The summed E-state index contributed by atoms with van der Waals surface area (Å²) in [4.78, 5) is 15.9. The summed E-state index contributed by atoms with van der Waals surface area (Å²) in [5.74, 6) is -2.74. The summed E-state index contributed by atoms with van der Waals surface area (Å²) in [6.45, 7) is 1.52. The highest BCUT2D eigenvalue weighted by atomic mass is 32.2. The molecule has 0 bridgehead atoms. The average molecular weight is 409 g/mol. The Hall–Kier alpha value is -3.08. The summed E-state index contributed by atoms with van der Waals surface area (Å²) in [6.07, 6.45) is 0.881. The number of carbonyl (C=O) groups excluding carboxylic acids is 1. The van der Waals surface area contributed by atoms with E-state index in [0.717, 1.165) is 28.7 Å². The first-order valence-electron chi connectivity index (χ1n) is 8.07. The summed E-state index contributed by atoms with van der Waals surface area (Å²) in [7, 11) is -2.52. The Balaban J connectivity index is 1.92. The number of carbonyl (C=O) groups is 1. The summed E-state index contributed by atoms with van der Waals surface area (Å²) >= 11 is 0. The van der Waals surface area contributed by atoms with Gasteiger partial charge < -0.3 is 10.6 Å². The van der Waals surface area contributed by atoms with Gasteiger partial charge in [-0.3, -0.25) is 10.2 Å². The van der Waals surface area contributed by atoms with Crippen molar-refractivity contribution in [3.05, 3.63) is 59.4 Å². The van der Waals surface area contributed by atoms with E-state index in [2.05, 4.69) is 15.6 Å². The van der Waals surface area contributed by atoms with Crippen LogP contribution in [0.3, 0.4) is 0 Å². The Kier molecular flexibility index (Phi) is 4.79. The predicted octanol–water partition coefficient (Wildman–Crippen LogP) is 1.63. The van der Waals surface area contributed by atoms with Gasteiger partial charge >= 0.3 is 0 Å². The van der Waals surface area contributed by atoms with Gasteiger partial charge in [0.25, 0.3) is 5.91 Å². The smallest absolute Gasteiger partial charge is 0.274 e. The highest BCUT2D eigenvalue weighted by Crippen LogP contribution is 2.30. The van der Waals surface area contributed by atoms with Crippen molar-refractivity contribution in [1.29, 1.82) is 5.41 Å². The van der Waals surface area contributed by atoms with Gasteiger partial charge in [0.15, 0.2) is 0 Å². The van der Waals surface area contributed by atoms with Crippen LogP contribution >= 0.6 is 0 Å². The molecule has 0 spiro atoms. The number of hydrogen-bond donors (Lipinski definition) is 3. The average Bonchev–Trinajstić information content (AvgIpc) is 2.59. The lowest BCUT2D eigenvalue weighted by Crippen LogP contribution is -2.60. The minimum atomic E-state index is -3.77. The van der Waals surface area contributed by atoms with Crippen LogP contribution in [0.5, 0.6) is 0 Å². The number of sulfonamides is 1. The lowest BCUT2D eigenvalue weighted by molar-refractivity contribution is 0.102. The number of pyridine rings is 1. The van der Waals surface area contributed by atoms with Gasteiger partial charge in [0.1, 0.15) is 17.3 Å². The van der Waals surface area contributed by atoms with Gasteiger partial charge in [0, 0.05) is 12.7 Å². The maximum Gasteiger partial charge on any atom is 0.274 e. The molecule has 148 valence electrons. The molecule has 0 aliphatic carbocycles. The number of rotatable bonds is 3. The monoisotopic (exact) mass is 409 g/mol. The molecule has 8 nitrogen and oxygen atoms in total. The minimum Gasteiger partial charge on any atom is -0.345 e. The Morgan fingerprint density at radius 1 is 1.29 bits per heavy atom. The van der Waals surface area contributed by atoms with E-state index in [-0.39, 0.29) is 22.9 Å². The molecule has 0 saturated carbocycles. The van der Waals surface area contributed by atoms with Crippen molar-refractivity contribution >= 4 is 27.6 Å². The highest BCUT2D eigenvalue weighted by molar-refractivity contribution is 7.89. The molecule has 11 heteroatoms. The van der Waals surface area contributed by atoms with Crippen LogP contribution in [0.2, 0.25) is 0 Å². The number of halogens is 2. The first-order valence-corrected chi connectivity index (χ1v) is 9.68. The molecule has 1 aliphatic rings. The van der Waals surface area contributed by atoms with Gasteiger partial charge in [0.2, 0.25) is 16.0 Å². The Labute approximate surface area is 160 Å². The number of amides is 1. The molecule has 1 fully saturated rings. The largest absolute Gasteiger partial charge is 0.345 e. The molecule has 1 aromatic heterocycles.